The summed E-state index contributed by atoms with van der Waals surface area (Å²) in [4.78, 5) is 16.0. The Morgan fingerprint density at radius 3 is 2.56 bits per heavy atom. The smallest absolute Gasteiger partial charge is 0.185 e. The van der Waals surface area contributed by atoms with Gasteiger partial charge in [-0.05, 0) is 36.3 Å². The fourth-order valence-corrected chi connectivity index (χ4v) is 1.64. The Labute approximate surface area is 107 Å². The van der Waals surface area contributed by atoms with Crippen molar-refractivity contribution in [1.82, 2.24) is 4.98 Å². The summed E-state index contributed by atoms with van der Waals surface area (Å²) in [6.07, 6.45) is 5.98. The quantitative estimate of drug-likeness (QED) is 0.601. The number of nitrogens with zero attached hydrogens (tertiary/aromatic N) is 1. The molecule has 0 amide bonds. The third-order valence-electron chi connectivity index (χ3n) is 2.74. The maximum Gasteiger partial charge on any atom is 0.185 e. The maximum absolute atomic E-state index is 11.9. The monoisotopic (exact) mass is 237 g/mol. The van der Waals surface area contributed by atoms with Crippen LogP contribution in [-0.2, 0) is 6.42 Å². The van der Waals surface area contributed by atoms with Crippen molar-refractivity contribution in [3.8, 4) is 0 Å². The zero-order valence-corrected chi connectivity index (χ0v) is 10.3. The van der Waals surface area contributed by atoms with E-state index in [9.17, 15) is 4.79 Å². The second-order valence-corrected chi connectivity index (χ2v) is 4.00. The molecule has 0 aliphatic carbocycles. The van der Waals surface area contributed by atoms with E-state index in [0.717, 1.165) is 12.1 Å². The zero-order chi connectivity index (χ0) is 12.8. The molecule has 0 atom stereocenters. The zero-order valence-electron chi connectivity index (χ0n) is 10.3. The van der Waals surface area contributed by atoms with Crippen LogP contribution in [0.1, 0.15) is 28.5 Å². The molecule has 1 aromatic carbocycles. The molecule has 2 rings (SSSR count). The Bertz CT molecular complexity index is 541. The van der Waals surface area contributed by atoms with E-state index in [4.69, 9.17) is 0 Å². The second-order valence-electron chi connectivity index (χ2n) is 4.00. The molecule has 0 N–H and O–H groups in total. The van der Waals surface area contributed by atoms with Gasteiger partial charge in [-0.15, -0.1) is 0 Å². The van der Waals surface area contributed by atoms with Gasteiger partial charge in [0.25, 0.3) is 0 Å². The van der Waals surface area contributed by atoms with Crippen LogP contribution in [0.4, 0.5) is 0 Å². The summed E-state index contributed by atoms with van der Waals surface area (Å²) in [6.45, 7) is 2.10. The molecule has 0 aliphatic rings. The molecule has 0 fully saturated rings. The first-order valence-corrected chi connectivity index (χ1v) is 6.02. The molecule has 1 heterocycles. The van der Waals surface area contributed by atoms with Crippen molar-refractivity contribution >= 4 is 11.9 Å². The number of hydrogen-bond acceptors (Lipinski definition) is 2. The van der Waals surface area contributed by atoms with Gasteiger partial charge >= 0.3 is 0 Å². The van der Waals surface area contributed by atoms with Crippen molar-refractivity contribution in [2.45, 2.75) is 13.3 Å². The van der Waals surface area contributed by atoms with Crippen LogP contribution in [0.3, 0.4) is 0 Å². The molecule has 2 nitrogen and oxygen atoms in total. The van der Waals surface area contributed by atoms with E-state index in [-0.39, 0.29) is 5.78 Å². The van der Waals surface area contributed by atoms with Crippen molar-refractivity contribution in [2.24, 2.45) is 0 Å². The number of aromatic nitrogens is 1. The van der Waals surface area contributed by atoms with Gasteiger partial charge in [-0.25, -0.2) is 0 Å². The lowest BCUT2D eigenvalue weighted by atomic mass is 10.1. The van der Waals surface area contributed by atoms with Gasteiger partial charge in [0.2, 0.25) is 0 Å². The molecule has 2 heteroatoms. The van der Waals surface area contributed by atoms with Crippen molar-refractivity contribution in [2.75, 3.05) is 0 Å². The molecule has 0 saturated carbocycles. The maximum atomic E-state index is 11.9. The third kappa shape index (κ3) is 3.14. The highest BCUT2D eigenvalue weighted by atomic mass is 16.1. The molecule has 0 radical (unpaired) electrons. The summed E-state index contributed by atoms with van der Waals surface area (Å²) in [6, 6.07) is 13.3. The van der Waals surface area contributed by atoms with E-state index in [1.165, 1.54) is 5.56 Å². The lowest BCUT2D eigenvalue weighted by molar-refractivity contribution is 0.104. The highest BCUT2D eigenvalue weighted by Crippen LogP contribution is 2.07. The van der Waals surface area contributed by atoms with E-state index in [2.05, 4.69) is 11.9 Å². The van der Waals surface area contributed by atoms with Crippen molar-refractivity contribution in [3.63, 3.8) is 0 Å². The number of ketones is 1. The molecule has 90 valence electrons. The van der Waals surface area contributed by atoms with Crippen LogP contribution in [0.5, 0.6) is 0 Å². The molecule has 18 heavy (non-hydrogen) atoms. The third-order valence-corrected chi connectivity index (χ3v) is 2.74. The van der Waals surface area contributed by atoms with Crippen LogP contribution in [0.25, 0.3) is 6.08 Å². The number of rotatable bonds is 4. The Morgan fingerprint density at radius 2 is 1.94 bits per heavy atom. The number of benzene rings is 1. The predicted molar refractivity (Wildman–Crippen MR) is 73.4 cm³/mol. The molecule has 2 aromatic rings. The first kappa shape index (κ1) is 12.2. The van der Waals surface area contributed by atoms with Crippen LogP contribution in [0, 0.1) is 0 Å². The largest absolute Gasteiger partial charge is 0.289 e. The summed E-state index contributed by atoms with van der Waals surface area (Å²) in [5.74, 6) is 0.00306. The minimum Gasteiger partial charge on any atom is -0.289 e. The Morgan fingerprint density at radius 1 is 1.17 bits per heavy atom. The van der Waals surface area contributed by atoms with E-state index >= 15 is 0 Å². The van der Waals surface area contributed by atoms with Gasteiger partial charge in [0.05, 0.1) is 5.69 Å². The molecule has 0 bridgehead atoms. The molecular formula is C16H15NO. The van der Waals surface area contributed by atoms with Crippen LogP contribution in [0.2, 0.25) is 0 Å². The molecule has 0 unspecified atom stereocenters. The standard InChI is InChI=1S/C16H15NO/c1-2-13-6-8-14(9-7-13)16(18)11-10-15-5-3-4-12-17-15/h3-12H,2H2,1H3. The van der Waals surface area contributed by atoms with Gasteiger partial charge in [-0.2, -0.15) is 0 Å². The number of allylic oxidation sites excluding steroid dienone is 1. The highest BCUT2D eigenvalue weighted by Gasteiger charge is 2.01. The second kappa shape index (κ2) is 5.92. The first-order chi connectivity index (χ1) is 8.79. The Kier molecular flexibility index (Phi) is 4.02. The summed E-state index contributed by atoms with van der Waals surface area (Å²) < 4.78 is 0. The Balaban J connectivity index is 2.09. The summed E-state index contributed by atoms with van der Waals surface area (Å²) in [5, 5.41) is 0. The van der Waals surface area contributed by atoms with Crippen LogP contribution < -0.4 is 0 Å². The number of hydrogen-bond donors (Lipinski definition) is 0. The minimum atomic E-state index is 0.00306. The van der Waals surface area contributed by atoms with E-state index < -0.39 is 0 Å². The molecule has 1 aromatic heterocycles. The van der Waals surface area contributed by atoms with Crippen molar-refractivity contribution in [1.29, 1.82) is 0 Å². The average Bonchev–Trinajstić information content (AvgIpc) is 2.46. The summed E-state index contributed by atoms with van der Waals surface area (Å²) >= 11 is 0. The van der Waals surface area contributed by atoms with Crippen molar-refractivity contribution < 1.29 is 4.79 Å². The normalized spacial score (nSPS) is 10.7. The first-order valence-electron chi connectivity index (χ1n) is 6.02. The molecule has 0 saturated heterocycles. The van der Waals surface area contributed by atoms with E-state index in [0.29, 0.717) is 5.56 Å². The fourth-order valence-electron chi connectivity index (χ4n) is 1.64. The topological polar surface area (TPSA) is 30.0 Å². The highest BCUT2D eigenvalue weighted by molar-refractivity contribution is 6.06. The molecular weight excluding hydrogens is 222 g/mol. The average molecular weight is 237 g/mol. The van der Waals surface area contributed by atoms with Crippen molar-refractivity contribution in [3.05, 3.63) is 71.6 Å². The number of carbonyl (C=O) groups is 1. The van der Waals surface area contributed by atoms with Gasteiger partial charge in [0.15, 0.2) is 5.78 Å². The van der Waals surface area contributed by atoms with Gasteiger partial charge in [0, 0.05) is 11.8 Å². The van der Waals surface area contributed by atoms with Gasteiger partial charge in [-0.3, -0.25) is 9.78 Å². The lowest BCUT2D eigenvalue weighted by Gasteiger charge is -1.98. The number of pyridine rings is 1. The fraction of sp³-hybridized carbons (Fsp3) is 0.125. The van der Waals surface area contributed by atoms with Gasteiger partial charge < -0.3 is 0 Å². The number of aryl methyl sites for hydroxylation is 1. The van der Waals surface area contributed by atoms with E-state index in [1.807, 2.05) is 42.5 Å². The summed E-state index contributed by atoms with van der Waals surface area (Å²) in [7, 11) is 0. The Hall–Kier alpha value is -2.22. The van der Waals surface area contributed by atoms with Gasteiger partial charge in [-0.1, -0.05) is 37.3 Å². The van der Waals surface area contributed by atoms with Crippen LogP contribution in [0.15, 0.2) is 54.7 Å². The van der Waals surface area contributed by atoms with Gasteiger partial charge in [0.1, 0.15) is 0 Å². The van der Waals surface area contributed by atoms with Crippen LogP contribution in [-0.4, -0.2) is 10.8 Å². The predicted octanol–water partition coefficient (Wildman–Crippen LogP) is 3.54. The molecule has 0 aliphatic heterocycles. The van der Waals surface area contributed by atoms with Crippen LogP contribution >= 0.6 is 0 Å². The van der Waals surface area contributed by atoms with E-state index in [1.54, 1.807) is 18.3 Å². The SMILES string of the molecule is CCc1ccc(C(=O)C=Cc2ccccn2)cc1. The minimum absolute atomic E-state index is 0.00306. The molecule has 0 spiro atoms. The summed E-state index contributed by atoms with van der Waals surface area (Å²) in [5.41, 5.74) is 2.73. The lowest BCUT2D eigenvalue weighted by Crippen LogP contribution is -1.94. The number of carbonyl (C=O) groups excluding carboxylic acids is 1.